The number of nitrogens with zero attached hydrogens (tertiary/aromatic N) is 1. The predicted octanol–water partition coefficient (Wildman–Crippen LogP) is 5.08. The van der Waals surface area contributed by atoms with E-state index in [1.807, 2.05) is 31.2 Å². The quantitative estimate of drug-likeness (QED) is 0.284. The molecule has 9 heteroatoms. The number of esters is 1. The monoisotopic (exact) mass is 532 g/mol. The minimum Gasteiger partial charge on any atom is -0.494 e. The van der Waals surface area contributed by atoms with Crippen molar-refractivity contribution in [3.8, 4) is 5.75 Å². The van der Waals surface area contributed by atoms with Gasteiger partial charge < -0.3 is 19.5 Å². The number of carbonyl (C=O) groups excluding carboxylic acids is 2. The Hall–Kier alpha value is -3.98. The maximum absolute atomic E-state index is 13.8. The van der Waals surface area contributed by atoms with E-state index in [4.69, 9.17) is 14.2 Å². The summed E-state index contributed by atoms with van der Waals surface area (Å²) in [4.78, 5) is 38.0. The van der Waals surface area contributed by atoms with E-state index in [1.54, 1.807) is 19.1 Å². The van der Waals surface area contributed by atoms with Crippen molar-refractivity contribution in [3.63, 3.8) is 0 Å². The van der Waals surface area contributed by atoms with Crippen LogP contribution >= 0.6 is 0 Å². The minimum absolute atomic E-state index is 0.0299. The lowest BCUT2D eigenvalue weighted by Crippen LogP contribution is -2.36. The van der Waals surface area contributed by atoms with Crippen LogP contribution in [0, 0.1) is 10.1 Å². The Morgan fingerprint density at radius 1 is 1.10 bits per heavy atom. The lowest BCUT2D eigenvalue weighted by atomic mass is 9.71. The molecule has 1 N–H and O–H groups in total. The average Bonchev–Trinajstić information content (AvgIpc) is 3.45. The van der Waals surface area contributed by atoms with Crippen LogP contribution in [0.4, 0.5) is 5.69 Å². The Labute approximate surface area is 227 Å². The first-order chi connectivity index (χ1) is 18.9. The summed E-state index contributed by atoms with van der Waals surface area (Å²) >= 11 is 0. The van der Waals surface area contributed by atoms with Crippen LogP contribution in [0.1, 0.15) is 62.5 Å². The van der Waals surface area contributed by atoms with E-state index >= 15 is 0 Å². The van der Waals surface area contributed by atoms with Crippen LogP contribution in [-0.4, -0.2) is 42.6 Å². The minimum atomic E-state index is -0.687. The van der Waals surface area contributed by atoms with Gasteiger partial charge in [0.2, 0.25) is 0 Å². The molecule has 0 aromatic heterocycles. The molecule has 0 bridgehead atoms. The van der Waals surface area contributed by atoms with Crippen LogP contribution < -0.4 is 10.1 Å². The zero-order valence-electron chi connectivity index (χ0n) is 22.1. The molecule has 1 fully saturated rings. The number of hydrogen-bond acceptors (Lipinski definition) is 8. The molecule has 2 aromatic rings. The number of non-ortho nitro benzene ring substituents is 1. The number of ether oxygens (including phenoxy) is 3. The number of ketones is 1. The SMILES string of the molecule is CCOc1ccc([C@H]2CC(=O)C3=C(C2)NC(C)=C(C(=O)OC[C@@H]2CCCO2)[C@@H]3c2ccc([N+](=O)[O-])cc2)cc1. The highest BCUT2D eigenvalue weighted by Gasteiger charge is 2.41. The van der Waals surface area contributed by atoms with Crippen molar-refractivity contribution in [2.45, 2.75) is 57.5 Å². The number of nitrogens with one attached hydrogen (secondary N) is 1. The van der Waals surface area contributed by atoms with E-state index < -0.39 is 16.8 Å². The summed E-state index contributed by atoms with van der Waals surface area (Å²) in [5.74, 6) is -0.525. The number of allylic oxidation sites excluding steroid dienone is 3. The Bertz CT molecular complexity index is 1320. The fourth-order valence-electron chi connectivity index (χ4n) is 5.69. The molecule has 0 saturated carbocycles. The van der Waals surface area contributed by atoms with Gasteiger partial charge in [-0.25, -0.2) is 4.79 Å². The molecule has 2 aromatic carbocycles. The van der Waals surface area contributed by atoms with Gasteiger partial charge in [0, 0.05) is 48.0 Å². The Balaban J connectivity index is 1.48. The molecule has 1 aliphatic carbocycles. The lowest BCUT2D eigenvalue weighted by molar-refractivity contribution is -0.384. The molecule has 2 heterocycles. The standard InChI is InChI=1S/C30H32N2O7/c1-3-37-23-12-8-19(9-13-23)21-15-25-29(26(33)16-21)28(20-6-10-22(11-7-20)32(35)36)27(18(2)31-25)30(34)39-17-24-5-4-14-38-24/h6-13,21,24,28,31H,3-5,14-17H2,1-2H3/t21-,24+,28+/m1/s1. The molecule has 0 amide bonds. The van der Waals surface area contributed by atoms with E-state index in [9.17, 15) is 19.7 Å². The molecule has 9 nitrogen and oxygen atoms in total. The average molecular weight is 533 g/mol. The fraction of sp³-hybridized carbons (Fsp3) is 0.400. The van der Waals surface area contributed by atoms with Crippen molar-refractivity contribution in [2.24, 2.45) is 0 Å². The van der Waals surface area contributed by atoms with Gasteiger partial charge in [-0.05, 0) is 62.3 Å². The Kier molecular flexibility index (Phi) is 7.79. The lowest BCUT2D eigenvalue weighted by Gasteiger charge is -2.36. The summed E-state index contributed by atoms with van der Waals surface area (Å²) in [5.41, 5.74) is 3.84. The molecule has 2 aliphatic heterocycles. The second kappa shape index (κ2) is 11.4. The number of dihydropyridines is 1. The van der Waals surface area contributed by atoms with Gasteiger partial charge in [-0.2, -0.15) is 0 Å². The van der Waals surface area contributed by atoms with E-state index in [0.29, 0.717) is 42.0 Å². The van der Waals surface area contributed by atoms with Crippen LogP contribution in [0.25, 0.3) is 0 Å². The van der Waals surface area contributed by atoms with Gasteiger partial charge in [-0.15, -0.1) is 0 Å². The van der Waals surface area contributed by atoms with Crippen LogP contribution in [0.5, 0.6) is 5.75 Å². The highest BCUT2D eigenvalue weighted by molar-refractivity contribution is 6.04. The smallest absolute Gasteiger partial charge is 0.336 e. The number of nitro benzene ring substituents is 1. The molecule has 5 rings (SSSR count). The second-order valence-electron chi connectivity index (χ2n) is 10.1. The number of rotatable bonds is 8. The molecule has 3 atom stereocenters. The van der Waals surface area contributed by atoms with E-state index in [2.05, 4.69) is 5.32 Å². The van der Waals surface area contributed by atoms with Crippen LogP contribution in [-0.2, 0) is 19.1 Å². The number of nitro groups is 1. The summed E-state index contributed by atoms with van der Waals surface area (Å²) in [7, 11) is 0. The molecule has 0 radical (unpaired) electrons. The van der Waals surface area contributed by atoms with Gasteiger partial charge >= 0.3 is 5.97 Å². The second-order valence-corrected chi connectivity index (χ2v) is 10.1. The number of benzene rings is 2. The topological polar surface area (TPSA) is 117 Å². The summed E-state index contributed by atoms with van der Waals surface area (Å²) < 4.78 is 16.8. The largest absolute Gasteiger partial charge is 0.494 e. The predicted molar refractivity (Wildman–Crippen MR) is 143 cm³/mol. The highest BCUT2D eigenvalue weighted by atomic mass is 16.6. The maximum Gasteiger partial charge on any atom is 0.336 e. The summed E-state index contributed by atoms with van der Waals surface area (Å²) in [6.45, 7) is 5.10. The summed E-state index contributed by atoms with van der Waals surface area (Å²) in [5, 5.41) is 14.6. The Morgan fingerprint density at radius 2 is 1.82 bits per heavy atom. The highest BCUT2D eigenvalue weighted by Crippen LogP contribution is 2.46. The summed E-state index contributed by atoms with van der Waals surface area (Å²) in [6.07, 6.45) is 2.50. The molecular formula is C30H32N2O7. The number of carbonyl (C=O) groups is 2. The van der Waals surface area contributed by atoms with Crippen LogP contribution in [0.2, 0.25) is 0 Å². The third kappa shape index (κ3) is 5.59. The van der Waals surface area contributed by atoms with Crippen molar-refractivity contribution in [1.29, 1.82) is 0 Å². The Morgan fingerprint density at radius 3 is 2.46 bits per heavy atom. The zero-order chi connectivity index (χ0) is 27.5. The third-order valence-corrected chi connectivity index (χ3v) is 7.57. The van der Waals surface area contributed by atoms with Crippen molar-refractivity contribution >= 4 is 17.4 Å². The molecule has 39 heavy (non-hydrogen) atoms. The fourth-order valence-corrected chi connectivity index (χ4v) is 5.69. The first-order valence-electron chi connectivity index (χ1n) is 13.4. The van der Waals surface area contributed by atoms with Crippen molar-refractivity contribution in [2.75, 3.05) is 19.8 Å². The molecule has 1 saturated heterocycles. The molecular weight excluding hydrogens is 500 g/mol. The molecule has 204 valence electrons. The van der Waals surface area contributed by atoms with Crippen molar-refractivity contribution in [1.82, 2.24) is 5.32 Å². The van der Waals surface area contributed by atoms with Crippen LogP contribution in [0.3, 0.4) is 0 Å². The third-order valence-electron chi connectivity index (χ3n) is 7.57. The normalized spacial score (nSPS) is 22.8. The van der Waals surface area contributed by atoms with Gasteiger partial charge in [0.25, 0.3) is 5.69 Å². The van der Waals surface area contributed by atoms with E-state index in [1.165, 1.54) is 12.1 Å². The maximum atomic E-state index is 13.8. The van der Waals surface area contributed by atoms with Gasteiger partial charge in [0.15, 0.2) is 5.78 Å². The number of Topliss-reactive ketones (excluding diaryl/α,β-unsaturated/α-hetero) is 1. The van der Waals surface area contributed by atoms with Crippen molar-refractivity contribution in [3.05, 3.63) is 92.3 Å². The van der Waals surface area contributed by atoms with Crippen molar-refractivity contribution < 1.29 is 28.7 Å². The van der Waals surface area contributed by atoms with Gasteiger partial charge in [-0.3, -0.25) is 14.9 Å². The molecule has 3 aliphatic rings. The van der Waals surface area contributed by atoms with E-state index in [0.717, 1.165) is 29.9 Å². The first-order valence-corrected chi connectivity index (χ1v) is 13.4. The molecule has 0 unspecified atom stereocenters. The van der Waals surface area contributed by atoms with Gasteiger partial charge in [-0.1, -0.05) is 24.3 Å². The van der Waals surface area contributed by atoms with Crippen LogP contribution in [0.15, 0.2) is 71.1 Å². The zero-order valence-corrected chi connectivity index (χ0v) is 22.1. The first kappa shape index (κ1) is 26.6. The molecule has 0 spiro atoms. The summed E-state index contributed by atoms with van der Waals surface area (Å²) in [6, 6.07) is 13.8. The number of hydrogen-bond donors (Lipinski definition) is 1. The van der Waals surface area contributed by atoms with Gasteiger partial charge in [0.05, 0.1) is 23.2 Å². The van der Waals surface area contributed by atoms with E-state index in [-0.39, 0.29) is 36.5 Å². The van der Waals surface area contributed by atoms with Gasteiger partial charge in [0.1, 0.15) is 12.4 Å².